The van der Waals surface area contributed by atoms with Crippen molar-refractivity contribution in [2.24, 2.45) is 0 Å². The van der Waals surface area contributed by atoms with Crippen molar-refractivity contribution in [3.63, 3.8) is 0 Å². The van der Waals surface area contributed by atoms with Gasteiger partial charge in [-0.25, -0.2) is 21.8 Å². The summed E-state index contributed by atoms with van der Waals surface area (Å²) >= 11 is 6.05. The second-order valence-corrected chi connectivity index (χ2v) is 9.68. The van der Waals surface area contributed by atoms with Crippen molar-refractivity contribution in [3.8, 4) is 0 Å². The maximum atomic E-state index is 13.9. The first-order valence-electron chi connectivity index (χ1n) is 9.82. The van der Waals surface area contributed by atoms with E-state index in [-0.39, 0.29) is 27.1 Å². The number of pyridine rings is 1. The molecule has 4 aromatic rings. The summed E-state index contributed by atoms with van der Waals surface area (Å²) in [6.07, 6.45) is 0.799. The van der Waals surface area contributed by atoms with E-state index in [2.05, 4.69) is 4.98 Å². The monoisotopic (exact) mass is 487 g/mol. The summed E-state index contributed by atoms with van der Waals surface area (Å²) in [5, 5.41) is 10.1. The molecule has 2 aromatic carbocycles. The third-order valence-electron chi connectivity index (χ3n) is 5.37. The molecule has 4 rings (SSSR count). The number of anilines is 2. The molecule has 0 fully saturated rings. The second-order valence-electron chi connectivity index (χ2n) is 7.46. The van der Waals surface area contributed by atoms with Gasteiger partial charge in [-0.05, 0) is 61.0 Å². The van der Waals surface area contributed by atoms with E-state index in [1.807, 2.05) is 6.07 Å². The minimum absolute atomic E-state index is 0.0862. The average Bonchev–Trinajstić information content (AvgIpc) is 3.04. The Hall–Kier alpha value is -3.43. The van der Waals surface area contributed by atoms with Crippen LogP contribution in [0.5, 0.6) is 0 Å². The first kappa shape index (κ1) is 22.8. The quantitative estimate of drug-likeness (QED) is 0.421. The van der Waals surface area contributed by atoms with Crippen LogP contribution in [0.4, 0.5) is 15.9 Å². The maximum absolute atomic E-state index is 13.9. The molecule has 0 bridgehead atoms. The second kappa shape index (κ2) is 8.49. The summed E-state index contributed by atoms with van der Waals surface area (Å²) in [6, 6.07) is 13.7. The Bertz CT molecular complexity index is 1480. The molecule has 2 heterocycles. The Morgan fingerprint density at radius 2 is 1.94 bits per heavy atom. The molecule has 0 amide bonds. The third-order valence-corrected chi connectivity index (χ3v) is 7.39. The predicted octanol–water partition coefficient (Wildman–Crippen LogP) is 4.77. The fourth-order valence-corrected chi connectivity index (χ4v) is 5.47. The summed E-state index contributed by atoms with van der Waals surface area (Å²) in [5.74, 6) is -1.23. The maximum Gasteiger partial charge on any atom is 0.307 e. The highest BCUT2D eigenvalue weighted by atomic mass is 35.5. The normalized spacial score (nSPS) is 11.6. The van der Waals surface area contributed by atoms with Crippen molar-refractivity contribution in [2.75, 3.05) is 11.9 Å². The average molecular weight is 488 g/mol. The summed E-state index contributed by atoms with van der Waals surface area (Å²) in [4.78, 5) is 17.3. The number of benzene rings is 2. The van der Waals surface area contributed by atoms with Gasteiger partial charge in [-0.15, -0.1) is 0 Å². The van der Waals surface area contributed by atoms with Crippen LogP contribution in [-0.2, 0) is 21.2 Å². The zero-order chi connectivity index (χ0) is 23.9. The molecule has 7 nitrogen and oxygen atoms in total. The van der Waals surface area contributed by atoms with Gasteiger partial charge in [0.25, 0.3) is 10.0 Å². The number of carboxylic acid groups (broad SMARTS) is 1. The van der Waals surface area contributed by atoms with Crippen molar-refractivity contribution in [1.82, 2.24) is 8.96 Å². The number of hydrogen-bond donors (Lipinski definition) is 1. The lowest BCUT2D eigenvalue weighted by Crippen LogP contribution is -2.16. The van der Waals surface area contributed by atoms with E-state index in [0.717, 1.165) is 21.8 Å². The number of nitrogens with zero attached hydrogens (tertiary/aromatic N) is 3. The molecular weight excluding hydrogens is 469 g/mol. The lowest BCUT2D eigenvalue weighted by molar-refractivity contribution is -0.136. The van der Waals surface area contributed by atoms with Gasteiger partial charge in [-0.3, -0.25) is 4.79 Å². The van der Waals surface area contributed by atoms with E-state index < -0.39 is 28.2 Å². The SMILES string of the molecule is Cc1c(CC(=O)O)c2cc(F)ccc2n1S(=O)(=O)c1ccc(N(C)c2cccc(Cl)c2)nc1. The molecule has 0 saturated carbocycles. The molecule has 2 aromatic heterocycles. The highest BCUT2D eigenvalue weighted by Gasteiger charge is 2.26. The number of rotatable bonds is 6. The number of aliphatic carboxylic acids is 1. The van der Waals surface area contributed by atoms with E-state index >= 15 is 0 Å². The van der Waals surface area contributed by atoms with Crippen molar-refractivity contribution < 1.29 is 22.7 Å². The van der Waals surface area contributed by atoms with Crippen LogP contribution in [0.1, 0.15) is 11.3 Å². The van der Waals surface area contributed by atoms with Crippen LogP contribution in [0.3, 0.4) is 0 Å². The van der Waals surface area contributed by atoms with Gasteiger partial charge in [0.1, 0.15) is 16.5 Å². The van der Waals surface area contributed by atoms with Gasteiger partial charge in [0.05, 0.1) is 11.9 Å². The summed E-state index contributed by atoms with van der Waals surface area (Å²) in [6.45, 7) is 1.50. The van der Waals surface area contributed by atoms with Crippen molar-refractivity contribution in [2.45, 2.75) is 18.2 Å². The van der Waals surface area contributed by atoms with Gasteiger partial charge in [0, 0.05) is 35.0 Å². The molecule has 0 aliphatic heterocycles. The summed E-state index contributed by atoms with van der Waals surface area (Å²) in [7, 11) is -2.36. The van der Waals surface area contributed by atoms with Crippen LogP contribution in [-0.4, -0.2) is 35.5 Å². The van der Waals surface area contributed by atoms with Gasteiger partial charge in [-0.2, -0.15) is 0 Å². The van der Waals surface area contributed by atoms with Crippen LogP contribution >= 0.6 is 11.6 Å². The van der Waals surface area contributed by atoms with Gasteiger partial charge in [-0.1, -0.05) is 17.7 Å². The molecule has 0 radical (unpaired) electrons. The molecule has 170 valence electrons. The Balaban J connectivity index is 1.79. The molecule has 0 aliphatic carbocycles. The summed E-state index contributed by atoms with van der Waals surface area (Å²) < 4.78 is 41.9. The number of halogens is 2. The number of hydrogen-bond acceptors (Lipinski definition) is 5. The fourth-order valence-electron chi connectivity index (χ4n) is 3.76. The number of carboxylic acids is 1. The molecule has 0 saturated heterocycles. The Kier molecular flexibility index (Phi) is 5.85. The number of aromatic nitrogens is 2. The van der Waals surface area contributed by atoms with Gasteiger partial charge < -0.3 is 10.0 Å². The molecule has 10 heteroatoms. The highest BCUT2D eigenvalue weighted by Crippen LogP contribution is 2.32. The van der Waals surface area contributed by atoms with Crippen LogP contribution in [0, 0.1) is 12.7 Å². The van der Waals surface area contributed by atoms with Crippen LogP contribution < -0.4 is 4.90 Å². The van der Waals surface area contributed by atoms with E-state index in [0.29, 0.717) is 10.8 Å². The first-order valence-corrected chi connectivity index (χ1v) is 11.6. The van der Waals surface area contributed by atoms with Crippen LogP contribution in [0.15, 0.2) is 65.7 Å². The fraction of sp³-hybridized carbons (Fsp3) is 0.130. The third kappa shape index (κ3) is 4.17. The topological polar surface area (TPSA) is 92.5 Å². The largest absolute Gasteiger partial charge is 0.481 e. The lowest BCUT2D eigenvalue weighted by Gasteiger charge is -2.19. The van der Waals surface area contributed by atoms with Gasteiger partial charge in [0.15, 0.2) is 0 Å². The highest BCUT2D eigenvalue weighted by molar-refractivity contribution is 7.90. The molecule has 0 atom stereocenters. The molecule has 0 aliphatic rings. The number of fused-ring (bicyclic) bond motifs is 1. The Labute approximate surface area is 194 Å². The minimum atomic E-state index is -4.14. The molecule has 0 unspecified atom stereocenters. The summed E-state index contributed by atoms with van der Waals surface area (Å²) in [5.41, 5.74) is 1.42. The van der Waals surface area contributed by atoms with E-state index in [1.165, 1.54) is 25.3 Å². The zero-order valence-corrected chi connectivity index (χ0v) is 19.2. The van der Waals surface area contributed by atoms with Crippen LogP contribution in [0.25, 0.3) is 10.9 Å². The van der Waals surface area contributed by atoms with Gasteiger partial charge in [0.2, 0.25) is 0 Å². The van der Waals surface area contributed by atoms with Crippen molar-refractivity contribution >= 4 is 50.0 Å². The van der Waals surface area contributed by atoms with Crippen LogP contribution in [0.2, 0.25) is 5.02 Å². The predicted molar refractivity (Wildman–Crippen MR) is 124 cm³/mol. The van der Waals surface area contributed by atoms with E-state index in [4.69, 9.17) is 11.6 Å². The van der Waals surface area contributed by atoms with E-state index in [1.54, 1.807) is 36.2 Å². The minimum Gasteiger partial charge on any atom is -0.481 e. The van der Waals surface area contributed by atoms with Gasteiger partial charge >= 0.3 is 5.97 Å². The number of carbonyl (C=O) groups is 1. The van der Waals surface area contributed by atoms with Crippen molar-refractivity contribution in [3.05, 3.63) is 82.9 Å². The standard InChI is InChI=1S/C23H19ClFN3O4S/c1-14-19(12-23(29)30)20-11-16(25)6-8-21(20)28(14)33(31,32)18-7-9-22(26-13-18)27(2)17-5-3-4-15(24)10-17/h3-11,13H,12H2,1-2H3,(H,29,30). The molecular formula is C23H19ClFN3O4S. The Morgan fingerprint density at radius 3 is 2.58 bits per heavy atom. The Morgan fingerprint density at radius 1 is 1.18 bits per heavy atom. The molecule has 33 heavy (non-hydrogen) atoms. The van der Waals surface area contributed by atoms with Crippen molar-refractivity contribution in [1.29, 1.82) is 0 Å². The smallest absolute Gasteiger partial charge is 0.307 e. The first-order chi connectivity index (χ1) is 15.6. The zero-order valence-electron chi connectivity index (χ0n) is 17.7. The molecule has 0 spiro atoms. The van der Waals surface area contributed by atoms with E-state index in [9.17, 15) is 22.7 Å². The molecule has 1 N–H and O–H groups in total. The lowest BCUT2D eigenvalue weighted by atomic mass is 10.1.